The Morgan fingerprint density at radius 1 is 1.38 bits per heavy atom. The second kappa shape index (κ2) is 8.10. The smallest absolute Gasteiger partial charge is 0.325 e. The van der Waals surface area contributed by atoms with Crippen molar-refractivity contribution in [2.24, 2.45) is 0 Å². The van der Waals surface area contributed by atoms with Crippen molar-refractivity contribution in [1.29, 1.82) is 0 Å². The van der Waals surface area contributed by atoms with Gasteiger partial charge in [-0.3, -0.25) is 9.59 Å². The molecule has 0 radical (unpaired) electrons. The molecule has 0 unspecified atom stereocenters. The van der Waals surface area contributed by atoms with Crippen molar-refractivity contribution < 1.29 is 14.3 Å². The van der Waals surface area contributed by atoms with Crippen molar-refractivity contribution in [2.75, 3.05) is 27.2 Å². The summed E-state index contributed by atoms with van der Waals surface area (Å²) in [6.45, 7) is 4.61. The number of nitrogens with zero attached hydrogens (tertiary/aromatic N) is 1. The first-order chi connectivity index (χ1) is 7.52. The van der Waals surface area contributed by atoms with Gasteiger partial charge in [0.05, 0.1) is 7.11 Å². The van der Waals surface area contributed by atoms with Gasteiger partial charge in [-0.2, -0.15) is 0 Å². The molecule has 16 heavy (non-hydrogen) atoms. The van der Waals surface area contributed by atoms with Crippen LogP contribution in [0, 0.1) is 0 Å². The molecule has 0 saturated carbocycles. The zero-order valence-corrected chi connectivity index (χ0v) is 10.6. The van der Waals surface area contributed by atoms with Gasteiger partial charge in [-0.05, 0) is 33.9 Å². The van der Waals surface area contributed by atoms with Crippen LogP contribution in [0.25, 0.3) is 0 Å². The summed E-state index contributed by atoms with van der Waals surface area (Å²) >= 11 is 0. The molecule has 1 amide bonds. The average Bonchev–Trinajstić information content (AvgIpc) is 2.25. The fourth-order valence-corrected chi connectivity index (χ4v) is 1.32. The van der Waals surface area contributed by atoms with Crippen molar-refractivity contribution in [2.45, 2.75) is 32.7 Å². The lowest BCUT2D eigenvalue weighted by Crippen LogP contribution is -2.41. The maximum atomic E-state index is 11.8. The minimum Gasteiger partial charge on any atom is -0.468 e. The number of hydrogen-bond acceptors (Lipinski definition) is 4. The molecule has 0 aliphatic rings. The number of carbonyl (C=O) groups is 2. The Morgan fingerprint density at radius 2 is 2.00 bits per heavy atom. The molecular weight excluding hydrogens is 208 g/mol. The van der Waals surface area contributed by atoms with Crippen LogP contribution in [0.2, 0.25) is 0 Å². The first-order valence-electron chi connectivity index (χ1n) is 5.53. The Balaban J connectivity index is 4.19. The molecule has 0 fully saturated rings. The van der Waals surface area contributed by atoms with Gasteiger partial charge >= 0.3 is 5.97 Å². The van der Waals surface area contributed by atoms with Gasteiger partial charge in [-0.15, -0.1) is 0 Å². The number of esters is 1. The number of hydrogen-bond donors (Lipinski definition) is 1. The molecule has 0 heterocycles. The molecule has 0 aromatic heterocycles. The van der Waals surface area contributed by atoms with Crippen molar-refractivity contribution in [1.82, 2.24) is 10.2 Å². The molecule has 0 aliphatic heterocycles. The number of amides is 1. The first-order valence-corrected chi connectivity index (χ1v) is 5.53. The summed E-state index contributed by atoms with van der Waals surface area (Å²) in [6.07, 6.45) is 1.23. The van der Waals surface area contributed by atoms with Crippen molar-refractivity contribution in [3.05, 3.63) is 0 Å². The van der Waals surface area contributed by atoms with Crippen molar-refractivity contribution >= 4 is 11.9 Å². The van der Waals surface area contributed by atoms with E-state index in [4.69, 9.17) is 0 Å². The lowest BCUT2D eigenvalue weighted by Gasteiger charge is -2.25. The summed E-state index contributed by atoms with van der Waals surface area (Å²) in [5, 5.41) is 2.98. The molecule has 0 bridgehead atoms. The predicted molar refractivity (Wildman–Crippen MR) is 62.0 cm³/mol. The van der Waals surface area contributed by atoms with E-state index in [0.717, 1.165) is 13.0 Å². The minimum atomic E-state index is -0.379. The van der Waals surface area contributed by atoms with Gasteiger partial charge in [0.25, 0.3) is 0 Å². The van der Waals surface area contributed by atoms with Gasteiger partial charge < -0.3 is 15.0 Å². The second-order valence-corrected chi connectivity index (χ2v) is 3.90. The Hall–Kier alpha value is -1.10. The summed E-state index contributed by atoms with van der Waals surface area (Å²) in [5.41, 5.74) is 0. The van der Waals surface area contributed by atoms with E-state index in [9.17, 15) is 9.59 Å². The maximum absolute atomic E-state index is 11.8. The van der Waals surface area contributed by atoms with E-state index in [-0.39, 0.29) is 24.5 Å². The number of methoxy groups -OCH3 is 1. The van der Waals surface area contributed by atoms with Gasteiger partial charge in [0.1, 0.15) is 6.54 Å². The van der Waals surface area contributed by atoms with Crippen LogP contribution < -0.4 is 5.32 Å². The summed E-state index contributed by atoms with van der Waals surface area (Å²) in [6, 6.07) is 0.0150. The fourth-order valence-electron chi connectivity index (χ4n) is 1.32. The fraction of sp³-hybridized carbons (Fsp3) is 0.818. The molecule has 0 atom stereocenters. The third kappa shape index (κ3) is 5.70. The molecule has 0 aliphatic carbocycles. The van der Waals surface area contributed by atoms with Gasteiger partial charge in [0.15, 0.2) is 0 Å². The Kier molecular flexibility index (Phi) is 7.54. The third-order valence-corrected chi connectivity index (χ3v) is 2.29. The second-order valence-electron chi connectivity index (χ2n) is 3.90. The van der Waals surface area contributed by atoms with Crippen LogP contribution in [-0.4, -0.2) is 50.1 Å². The van der Waals surface area contributed by atoms with Gasteiger partial charge in [0.2, 0.25) is 5.91 Å². The number of ether oxygens (including phenoxy) is 1. The zero-order valence-electron chi connectivity index (χ0n) is 10.6. The van der Waals surface area contributed by atoms with E-state index < -0.39 is 0 Å². The van der Waals surface area contributed by atoms with Crippen LogP contribution >= 0.6 is 0 Å². The summed E-state index contributed by atoms with van der Waals surface area (Å²) in [7, 11) is 3.17. The van der Waals surface area contributed by atoms with Crippen LogP contribution in [0.15, 0.2) is 0 Å². The van der Waals surface area contributed by atoms with E-state index in [2.05, 4.69) is 10.1 Å². The quantitative estimate of drug-likeness (QED) is 0.508. The highest BCUT2D eigenvalue weighted by Gasteiger charge is 2.19. The normalized spacial score (nSPS) is 10.3. The summed E-state index contributed by atoms with van der Waals surface area (Å²) in [5.74, 6) is -0.383. The lowest BCUT2D eigenvalue weighted by molar-refractivity contribution is -0.148. The number of nitrogens with one attached hydrogen (secondary N) is 1. The molecule has 0 aromatic rings. The highest BCUT2D eigenvalue weighted by Crippen LogP contribution is 2.03. The summed E-state index contributed by atoms with van der Waals surface area (Å²) < 4.78 is 4.56. The minimum absolute atomic E-state index is 0.00403. The van der Waals surface area contributed by atoms with E-state index >= 15 is 0 Å². The molecule has 5 nitrogen and oxygen atoms in total. The Labute approximate surface area is 97.1 Å². The maximum Gasteiger partial charge on any atom is 0.325 e. The molecule has 0 aromatic carbocycles. The molecule has 0 saturated heterocycles. The van der Waals surface area contributed by atoms with E-state index in [1.165, 1.54) is 7.11 Å². The van der Waals surface area contributed by atoms with E-state index in [1.807, 2.05) is 20.9 Å². The number of rotatable bonds is 7. The topological polar surface area (TPSA) is 58.6 Å². The van der Waals surface area contributed by atoms with E-state index in [0.29, 0.717) is 6.42 Å². The molecule has 0 rings (SSSR count). The highest BCUT2D eigenvalue weighted by molar-refractivity contribution is 5.82. The van der Waals surface area contributed by atoms with Gasteiger partial charge in [-0.1, -0.05) is 0 Å². The first kappa shape index (κ1) is 14.9. The van der Waals surface area contributed by atoms with Crippen LogP contribution in [0.5, 0.6) is 0 Å². The van der Waals surface area contributed by atoms with Crippen LogP contribution in [0.4, 0.5) is 0 Å². The highest BCUT2D eigenvalue weighted by atomic mass is 16.5. The molecule has 5 heteroatoms. The Bertz CT molecular complexity index is 229. The SMILES string of the molecule is CNCCCC(=O)N(CC(=O)OC)C(C)C. The zero-order chi connectivity index (χ0) is 12.6. The third-order valence-electron chi connectivity index (χ3n) is 2.29. The average molecular weight is 230 g/mol. The monoisotopic (exact) mass is 230 g/mol. The lowest BCUT2D eigenvalue weighted by atomic mass is 10.2. The molecule has 94 valence electrons. The molecular formula is C11H22N2O3. The van der Waals surface area contributed by atoms with Crippen LogP contribution in [0.1, 0.15) is 26.7 Å². The van der Waals surface area contributed by atoms with Gasteiger partial charge in [-0.25, -0.2) is 0 Å². The van der Waals surface area contributed by atoms with Crippen LogP contribution in [-0.2, 0) is 14.3 Å². The largest absolute Gasteiger partial charge is 0.468 e. The molecule has 0 spiro atoms. The number of carbonyl (C=O) groups excluding carboxylic acids is 2. The predicted octanol–water partition coefficient (Wildman–Crippen LogP) is 0.396. The van der Waals surface area contributed by atoms with Crippen molar-refractivity contribution in [3.8, 4) is 0 Å². The Morgan fingerprint density at radius 3 is 2.44 bits per heavy atom. The van der Waals surface area contributed by atoms with E-state index in [1.54, 1.807) is 4.90 Å². The van der Waals surface area contributed by atoms with Gasteiger partial charge in [0, 0.05) is 12.5 Å². The van der Waals surface area contributed by atoms with Crippen molar-refractivity contribution in [3.63, 3.8) is 0 Å². The molecule has 1 N–H and O–H groups in total. The van der Waals surface area contributed by atoms with Crippen LogP contribution in [0.3, 0.4) is 0 Å². The summed E-state index contributed by atoms with van der Waals surface area (Å²) in [4.78, 5) is 24.5. The standard InChI is InChI=1S/C11H22N2O3/c1-9(2)13(8-11(15)16-4)10(14)6-5-7-12-3/h9,12H,5-8H2,1-4H3.